The summed E-state index contributed by atoms with van der Waals surface area (Å²) in [6, 6.07) is 13.7. The SMILES string of the molecule is Cc1ccc(S(=O)(=O)N2CCC(NC(=O)c3ccccc3Cl)CC2)cc1. The Bertz CT molecular complexity index is 889. The van der Waals surface area contributed by atoms with Crippen molar-refractivity contribution in [1.29, 1.82) is 0 Å². The number of benzene rings is 2. The van der Waals surface area contributed by atoms with Gasteiger partial charge >= 0.3 is 0 Å². The van der Waals surface area contributed by atoms with E-state index in [1.54, 1.807) is 48.5 Å². The zero-order valence-corrected chi connectivity index (χ0v) is 16.1. The summed E-state index contributed by atoms with van der Waals surface area (Å²) < 4.78 is 26.9. The lowest BCUT2D eigenvalue weighted by atomic mass is 10.1. The number of hydrogen-bond acceptors (Lipinski definition) is 3. The molecule has 3 rings (SSSR count). The topological polar surface area (TPSA) is 66.5 Å². The van der Waals surface area contributed by atoms with Gasteiger partial charge in [-0.15, -0.1) is 0 Å². The third kappa shape index (κ3) is 4.09. The van der Waals surface area contributed by atoms with Crippen molar-refractivity contribution in [3.63, 3.8) is 0 Å². The predicted molar refractivity (Wildman–Crippen MR) is 102 cm³/mol. The monoisotopic (exact) mass is 392 g/mol. The number of rotatable bonds is 4. The molecule has 26 heavy (non-hydrogen) atoms. The Morgan fingerprint density at radius 2 is 1.69 bits per heavy atom. The number of nitrogens with one attached hydrogen (secondary N) is 1. The van der Waals surface area contributed by atoms with Crippen LogP contribution in [0, 0.1) is 6.92 Å². The fraction of sp³-hybridized carbons (Fsp3) is 0.316. The van der Waals surface area contributed by atoms with Gasteiger partial charge in [0.1, 0.15) is 0 Å². The lowest BCUT2D eigenvalue weighted by Gasteiger charge is -2.31. The standard InChI is InChI=1S/C19H21ClN2O3S/c1-14-6-8-16(9-7-14)26(24,25)22-12-10-15(11-13-22)21-19(23)17-4-2-3-5-18(17)20/h2-9,15H,10-13H2,1H3,(H,21,23). The van der Waals surface area contributed by atoms with E-state index in [4.69, 9.17) is 11.6 Å². The third-order valence-corrected chi connectivity index (χ3v) is 6.81. The van der Waals surface area contributed by atoms with E-state index in [9.17, 15) is 13.2 Å². The molecule has 2 aromatic carbocycles. The number of hydrogen-bond donors (Lipinski definition) is 1. The highest BCUT2D eigenvalue weighted by atomic mass is 35.5. The lowest BCUT2D eigenvalue weighted by molar-refractivity contribution is 0.0924. The van der Waals surface area contributed by atoms with E-state index in [0.717, 1.165) is 5.56 Å². The molecule has 1 aliphatic heterocycles. The Balaban J connectivity index is 1.61. The Kier molecular flexibility index (Phi) is 5.65. The molecule has 1 amide bonds. The summed E-state index contributed by atoms with van der Waals surface area (Å²) in [5, 5.41) is 3.36. The summed E-state index contributed by atoms with van der Waals surface area (Å²) in [6.45, 7) is 2.68. The van der Waals surface area contributed by atoms with E-state index < -0.39 is 10.0 Å². The van der Waals surface area contributed by atoms with Crippen LogP contribution in [-0.4, -0.2) is 37.8 Å². The van der Waals surface area contributed by atoms with Gasteiger partial charge in [0, 0.05) is 19.1 Å². The van der Waals surface area contributed by atoms with Crippen molar-refractivity contribution in [2.24, 2.45) is 0 Å². The number of halogens is 1. The van der Waals surface area contributed by atoms with Gasteiger partial charge in [-0.05, 0) is 44.0 Å². The number of nitrogens with zero attached hydrogens (tertiary/aromatic N) is 1. The van der Waals surface area contributed by atoms with E-state index in [1.165, 1.54) is 4.31 Å². The van der Waals surface area contributed by atoms with Gasteiger partial charge in [-0.1, -0.05) is 41.4 Å². The second-order valence-electron chi connectivity index (χ2n) is 6.44. The van der Waals surface area contributed by atoms with Crippen LogP contribution in [0.1, 0.15) is 28.8 Å². The molecule has 0 spiro atoms. The Labute approximate surface area is 159 Å². The molecule has 1 saturated heterocycles. The molecule has 2 aromatic rings. The zero-order chi connectivity index (χ0) is 18.7. The van der Waals surface area contributed by atoms with E-state index in [0.29, 0.717) is 41.4 Å². The first-order chi connectivity index (χ1) is 12.4. The Morgan fingerprint density at radius 1 is 1.08 bits per heavy atom. The van der Waals surface area contributed by atoms with Gasteiger partial charge in [0.2, 0.25) is 10.0 Å². The Morgan fingerprint density at radius 3 is 2.31 bits per heavy atom. The van der Waals surface area contributed by atoms with Crippen molar-refractivity contribution < 1.29 is 13.2 Å². The van der Waals surface area contributed by atoms with Gasteiger partial charge in [0.15, 0.2) is 0 Å². The largest absolute Gasteiger partial charge is 0.349 e. The van der Waals surface area contributed by atoms with Crippen LogP contribution in [0.5, 0.6) is 0 Å². The average Bonchev–Trinajstić information content (AvgIpc) is 2.63. The van der Waals surface area contributed by atoms with Crippen molar-refractivity contribution >= 4 is 27.5 Å². The van der Waals surface area contributed by atoms with Crippen molar-refractivity contribution in [3.8, 4) is 0 Å². The number of carbonyl (C=O) groups is 1. The van der Waals surface area contributed by atoms with Gasteiger partial charge < -0.3 is 5.32 Å². The van der Waals surface area contributed by atoms with E-state index in [-0.39, 0.29) is 11.9 Å². The van der Waals surface area contributed by atoms with Crippen molar-refractivity contribution in [1.82, 2.24) is 9.62 Å². The first-order valence-electron chi connectivity index (χ1n) is 8.50. The second-order valence-corrected chi connectivity index (χ2v) is 8.79. The molecule has 0 atom stereocenters. The third-order valence-electron chi connectivity index (χ3n) is 4.57. The molecular weight excluding hydrogens is 372 g/mol. The summed E-state index contributed by atoms with van der Waals surface area (Å²) in [4.78, 5) is 12.6. The number of piperidine rings is 1. The van der Waals surface area contributed by atoms with Crippen LogP contribution >= 0.6 is 11.6 Å². The molecular formula is C19H21ClN2O3S. The van der Waals surface area contributed by atoms with Crippen molar-refractivity contribution in [3.05, 3.63) is 64.7 Å². The van der Waals surface area contributed by atoms with Crippen molar-refractivity contribution in [2.75, 3.05) is 13.1 Å². The number of carbonyl (C=O) groups excluding carboxylic acids is 1. The molecule has 7 heteroatoms. The molecule has 1 heterocycles. The molecule has 138 valence electrons. The minimum absolute atomic E-state index is 0.0664. The highest BCUT2D eigenvalue weighted by Crippen LogP contribution is 2.22. The number of aryl methyl sites for hydroxylation is 1. The van der Waals surface area contributed by atoms with Crippen LogP contribution < -0.4 is 5.32 Å². The molecule has 1 aliphatic rings. The fourth-order valence-corrected chi connectivity index (χ4v) is 4.70. The normalized spacial score (nSPS) is 16.4. The van der Waals surface area contributed by atoms with E-state index in [2.05, 4.69) is 5.32 Å². The molecule has 0 saturated carbocycles. The van der Waals surface area contributed by atoms with Gasteiger partial charge in [0.05, 0.1) is 15.5 Å². The fourth-order valence-electron chi connectivity index (χ4n) is 3.01. The van der Waals surface area contributed by atoms with Crippen LogP contribution in [0.15, 0.2) is 53.4 Å². The maximum absolute atomic E-state index is 12.7. The molecule has 1 N–H and O–H groups in total. The molecule has 5 nitrogen and oxygen atoms in total. The highest BCUT2D eigenvalue weighted by Gasteiger charge is 2.30. The zero-order valence-electron chi connectivity index (χ0n) is 14.5. The van der Waals surface area contributed by atoms with Crippen LogP contribution in [-0.2, 0) is 10.0 Å². The highest BCUT2D eigenvalue weighted by molar-refractivity contribution is 7.89. The predicted octanol–water partition coefficient (Wildman–Crippen LogP) is 3.23. The smallest absolute Gasteiger partial charge is 0.253 e. The summed E-state index contributed by atoms with van der Waals surface area (Å²) in [5.41, 5.74) is 1.45. The second kappa shape index (κ2) is 7.78. The summed E-state index contributed by atoms with van der Waals surface area (Å²) in [5.74, 6) is -0.226. The van der Waals surface area contributed by atoms with Gasteiger partial charge in [-0.25, -0.2) is 8.42 Å². The quantitative estimate of drug-likeness (QED) is 0.868. The summed E-state index contributed by atoms with van der Waals surface area (Å²) in [6.07, 6.45) is 1.14. The van der Waals surface area contributed by atoms with Gasteiger partial charge in [-0.2, -0.15) is 4.31 Å². The molecule has 0 aromatic heterocycles. The van der Waals surface area contributed by atoms with E-state index >= 15 is 0 Å². The van der Waals surface area contributed by atoms with Crippen LogP contribution in [0.25, 0.3) is 0 Å². The summed E-state index contributed by atoms with van der Waals surface area (Å²) in [7, 11) is -3.49. The molecule has 0 radical (unpaired) electrons. The average molecular weight is 393 g/mol. The van der Waals surface area contributed by atoms with Crippen LogP contribution in [0.2, 0.25) is 5.02 Å². The van der Waals surface area contributed by atoms with E-state index in [1.807, 2.05) is 6.92 Å². The molecule has 0 bridgehead atoms. The Hall–Kier alpha value is -1.89. The van der Waals surface area contributed by atoms with Crippen LogP contribution in [0.3, 0.4) is 0 Å². The molecule has 1 fully saturated rings. The number of sulfonamides is 1. The molecule has 0 unspecified atom stereocenters. The van der Waals surface area contributed by atoms with Crippen molar-refractivity contribution in [2.45, 2.75) is 30.7 Å². The first kappa shape index (κ1) is 18.9. The number of amides is 1. The summed E-state index contributed by atoms with van der Waals surface area (Å²) >= 11 is 6.05. The maximum atomic E-state index is 12.7. The first-order valence-corrected chi connectivity index (χ1v) is 10.3. The van der Waals surface area contributed by atoms with Gasteiger partial charge in [-0.3, -0.25) is 4.79 Å². The van der Waals surface area contributed by atoms with Crippen LogP contribution in [0.4, 0.5) is 0 Å². The minimum atomic E-state index is -3.49. The van der Waals surface area contributed by atoms with Gasteiger partial charge in [0.25, 0.3) is 5.91 Å². The minimum Gasteiger partial charge on any atom is -0.349 e. The maximum Gasteiger partial charge on any atom is 0.253 e. The molecule has 0 aliphatic carbocycles. The lowest BCUT2D eigenvalue weighted by Crippen LogP contribution is -2.46.